The lowest BCUT2D eigenvalue weighted by Crippen LogP contribution is -2.38. The molecule has 0 radical (unpaired) electrons. The molecule has 33 heavy (non-hydrogen) atoms. The van der Waals surface area contributed by atoms with E-state index in [9.17, 15) is 18.0 Å². The average molecular weight is 462 g/mol. The Balaban J connectivity index is 1.72. The van der Waals surface area contributed by atoms with Gasteiger partial charge >= 0.3 is 6.18 Å². The van der Waals surface area contributed by atoms with E-state index >= 15 is 0 Å². The highest BCUT2D eigenvalue weighted by molar-refractivity contribution is 5.81. The van der Waals surface area contributed by atoms with E-state index in [0.29, 0.717) is 48.5 Å². The number of aromatic nitrogens is 3. The second kappa shape index (κ2) is 9.01. The van der Waals surface area contributed by atoms with Gasteiger partial charge in [0.25, 0.3) is 0 Å². The fourth-order valence-corrected chi connectivity index (χ4v) is 4.00. The number of amides is 1. The molecule has 1 amide bonds. The van der Waals surface area contributed by atoms with Gasteiger partial charge in [-0.05, 0) is 50.1 Å². The summed E-state index contributed by atoms with van der Waals surface area (Å²) >= 11 is 0. The number of ether oxygens (including phenoxy) is 2. The molecule has 3 heterocycles. The molecule has 0 saturated carbocycles. The van der Waals surface area contributed by atoms with Gasteiger partial charge in [-0.2, -0.15) is 18.3 Å². The first-order chi connectivity index (χ1) is 15.7. The van der Waals surface area contributed by atoms with Crippen molar-refractivity contribution in [2.45, 2.75) is 38.9 Å². The predicted octanol–water partition coefficient (Wildman–Crippen LogP) is 4.59. The zero-order chi connectivity index (χ0) is 23.8. The van der Waals surface area contributed by atoms with E-state index in [-0.39, 0.29) is 24.5 Å². The van der Waals surface area contributed by atoms with Crippen molar-refractivity contribution in [2.24, 2.45) is 0 Å². The summed E-state index contributed by atoms with van der Waals surface area (Å²) in [5, 5.41) is 5.40. The maximum atomic E-state index is 13.4. The number of carbonyl (C=O) groups is 1. The van der Waals surface area contributed by atoms with E-state index in [2.05, 4.69) is 10.1 Å². The van der Waals surface area contributed by atoms with Gasteiger partial charge in [0.15, 0.2) is 12.4 Å². The number of likely N-dealkylation sites (tertiary alicyclic amines) is 1. The number of piperidine rings is 1. The first-order valence-corrected chi connectivity index (χ1v) is 10.7. The van der Waals surface area contributed by atoms with Gasteiger partial charge in [-0.15, -0.1) is 0 Å². The standard InChI is InChI=1S/C23H25F3N4O3/c1-4-32-13-33-19-10-16(23(24,25)26)9-14(2)21(19)18-7-5-15-11-30(28-22(15)27-18)17-6-8-20(31)29(3)12-17/h5,7,9-11,17H,4,6,8,12-13H2,1-3H3/t17-/m0/s1. The van der Waals surface area contributed by atoms with Crippen LogP contribution in [0.3, 0.4) is 0 Å². The van der Waals surface area contributed by atoms with Crippen LogP contribution in [0.15, 0.2) is 30.5 Å². The largest absolute Gasteiger partial charge is 0.467 e. The van der Waals surface area contributed by atoms with Crippen molar-refractivity contribution in [1.29, 1.82) is 0 Å². The molecule has 1 aromatic carbocycles. The summed E-state index contributed by atoms with van der Waals surface area (Å²) in [6.45, 7) is 4.13. The normalized spacial score (nSPS) is 17.1. The average Bonchev–Trinajstić information content (AvgIpc) is 3.18. The summed E-state index contributed by atoms with van der Waals surface area (Å²) in [5.41, 5.74) is 0.984. The molecule has 3 aromatic rings. The lowest BCUT2D eigenvalue weighted by atomic mass is 10.00. The highest BCUT2D eigenvalue weighted by Crippen LogP contribution is 2.39. The molecule has 176 valence electrons. The van der Waals surface area contributed by atoms with Crippen LogP contribution in [0.1, 0.15) is 36.9 Å². The molecule has 1 atom stereocenters. The number of likely N-dealkylation sites (N-methyl/N-ethyl adjacent to an activating group) is 1. The highest BCUT2D eigenvalue weighted by Gasteiger charge is 2.32. The number of pyridine rings is 1. The van der Waals surface area contributed by atoms with Crippen molar-refractivity contribution < 1.29 is 27.4 Å². The summed E-state index contributed by atoms with van der Waals surface area (Å²) in [5.74, 6) is 0.162. The lowest BCUT2D eigenvalue weighted by molar-refractivity contribution is -0.137. The van der Waals surface area contributed by atoms with Gasteiger partial charge in [0.1, 0.15) is 5.75 Å². The minimum absolute atomic E-state index is 0.0447. The monoisotopic (exact) mass is 462 g/mol. The number of fused-ring (bicyclic) bond motifs is 1. The molecule has 0 N–H and O–H groups in total. The number of rotatable bonds is 6. The minimum Gasteiger partial charge on any atom is -0.467 e. The first kappa shape index (κ1) is 23.0. The molecule has 0 spiro atoms. The Kier molecular flexibility index (Phi) is 6.29. The molecule has 7 nitrogen and oxygen atoms in total. The first-order valence-electron chi connectivity index (χ1n) is 10.7. The fourth-order valence-electron chi connectivity index (χ4n) is 4.00. The molecular formula is C23H25F3N4O3. The van der Waals surface area contributed by atoms with Gasteiger partial charge in [0, 0.05) is 43.8 Å². The summed E-state index contributed by atoms with van der Waals surface area (Å²) in [7, 11) is 1.77. The Hall–Kier alpha value is -3.14. The topological polar surface area (TPSA) is 69.5 Å². The zero-order valence-electron chi connectivity index (χ0n) is 18.6. The highest BCUT2D eigenvalue weighted by atomic mass is 19.4. The van der Waals surface area contributed by atoms with Crippen molar-refractivity contribution in [2.75, 3.05) is 27.0 Å². The molecule has 1 aliphatic rings. The number of halogens is 3. The second-order valence-electron chi connectivity index (χ2n) is 8.10. The molecule has 0 bridgehead atoms. The third-order valence-electron chi connectivity index (χ3n) is 5.75. The second-order valence-corrected chi connectivity index (χ2v) is 8.10. The van der Waals surface area contributed by atoms with Crippen molar-refractivity contribution in [3.63, 3.8) is 0 Å². The summed E-state index contributed by atoms with van der Waals surface area (Å²) in [6, 6.07) is 5.68. The van der Waals surface area contributed by atoms with E-state index in [1.807, 2.05) is 16.9 Å². The molecule has 0 unspecified atom stereocenters. The summed E-state index contributed by atoms with van der Waals surface area (Å²) in [6.07, 6.45) is -1.47. The van der Waals surface area contributed by atoms with Crippen LogP contribution >= 0.6 is 0 Å². The van der Waals surface area contributed by atoms with E-state index in [1.54, 1.807) is 31.9 Å². The Morgan fingerprint density at radius 1 is 1.24 bits per heavy atom. The van der Waals surface area contributed by atoms with E-state index in [0.717, 1.165) is 17.5 Å². The predicted molar refractivity (Wildman–Crippen MR) is 116 cm³/mol. The van der Waals surface area contributed by atoms with Crippen LogP contribution in [0, 0.1) is 6.92 Å². The Bertz CT molecular complexity index is 1180. The number of aryl methyl sites for hydroxylation is 1. The molecule has 1 fully saturated rings. The van der Waals surface area contributed by atoms with Gasteiger partial charge in [-0.3, -0.25) is 9.48 Å². The Morgan fingerprint density at radius 3 is 2.73 bits per heavy atom. The maximum Gasteiger partial charge on any atom is 0.416 e. The van der Waals surface area contributed by atoms with Crippen molar-refractivity contribution in [1.82, 2.24) is 19.7 Å². The number of hydrogen-bond acceptors (Lipinski definition) is 5. The van der Waals surface area contributed by atoms with Crippen LogP contribution in [-0.4, -0.2) is 52.6 Å². The van der Waals surface area contributed by atoms with Gasteiger partial charge in [0.2, 0.25) is 5.91 Å². The van der Waals surface area contributed by atoms with E-state index in [1.165, 1.54) is 0 Å². The molecule has 1 saturated heterocycles. The van der Waals surface area contributed by atoms with Crippen molar-refractivity contribution in [3.8, 4) is 17.0 Å². The van der Waals surface area contributed by atoms with Gasteiger partial charge < -0.3 is 14.4 Å². The van der Waals surface area contributed by atoms with Gasteiger partial charge in [0.05, 0.1) is 17.3 Å². The zero-order valence-corrected chi connectivity index (χ0v) is 18.6. The van der Waals surface area contributed by atoms with E-state index < -0.39 is 11.7 Å². The number of alkyl halides is 3. The maximum absolute atomic E-state index is 13.4. The van der Waals surface area contributed by atoms with Crippen molar-refractivity contribution in [3.05, 3.63) is 41.6 Å². The third-order valence-corrected chi connectivity index (χ3v) is 5.75. The quantitative estimate of drug-likeness (QED) is 0.396. The molecule has 10 heteroatoms. The molecule has 0 aliphatic carbocycles. The van der Waals surface area contributed by atoms with Crippen LogP contribution in [0.2, 0.25) is 0 Å². The minimum atomic E-state index is -4.50. The van der Waals surface area contributed by atoms with E-state index in [4.69, 9.17) is 9.47 Å². The van der Waals surface area contributed by atoms with Crippen LogP contribution in [-0.2, 0) is 15.7 Å². The molecule has 4 rings (SSSR count). The fraction of sp³-hybridized carbons (Fsp3) is 0.435. The Labute approximate surface area is 189 Å². The molecule has 2 aromatic heterocycles. The number of carbonyl (C=O) groups excluding carboxylic acids is 1. The van der Waals surface area contributed by atoms with Crippen LogP contribution < -0.4 is 4.74 Å². The smallest absolute Gasteiger partial charge is 0.416 e. The Morgan fingerprint density at radius 2 is 2.03 bits per heavy atom. The number of hydrogen-bond donors (Lipinski definition) is 0. The summed E-state index contributed by atoms with van der Waals surface area (Å²) < 4.78 is 52.7. The van der Waals surface area contributed by atoms with Crippen LogP contribution in [0.25, 0.3) is 22.3 Å². The SMILES string of the molecule is CCOCOc1cc(C(F)(F)F)cc(C)c1-c1ccc2cn([C@H]3CCC(=O)N(C)C3)nc2n1. The molecule has 1 aliphatic heterocycles. The van der Waals surface area contributed by atoms with Crippen molar-refractivity contribution >= 4 is 16.9 Å². The molecular weight excluding hydrogens is 437 g/mol. The van der Waals surface area contributed by atoms with Gasteiger partial charge in [-0.1, -0.05) is 0 Å². The third kappa shape index (κ3) is 4.80. The number of nitrogens with zero attached hydrogens (tertiary/aromatic N) is 4. The summed E-state index contributed by atoms with van der Waals surface area (Å²) in [4.78, 5) is 18.1. The van der Waals surface area contributed by atoms with Crippen LogP contribution in [0.5, 0.6) is 5.75 Å². The number of benzene rings is 1. The lowest BCUT2D eigenvalue weighted by Gasteiger charge is -2.29. The van der Waals surface area contributed by atoms with Crippen LogP contribution in [0.4, 0.5) is 13.2 Å². The van der Waals surface area contributed by atoms with Gasteiger partial charge in [-0.25, -0.2) is 4.98 Å².